The average molecular weight is 454 g/mol. The molecule has 7 heteroatoms. The Bertz CT molecular complexity index is 1040. The van der Waals surface area contributed by atoms with Gasteiger partial charge < -0.3 is 14.6 Å². The van der Waals surface area contributed by atoms with E-state index in [1.807, 2.05) is 24.3 Å². The summed E-state index contributed by atoms with van der Waals surface area (Å²) in [5, 5.41) is 7.61. The summed E-state index contributed by atoms with van der Waals surface area (Å²) < 4.78 is 11.2. The molecule has 6 nitrogen and oxygen atoms in total. The molecule has 1 atom stereocenters. The Morgan fingerprint density at radius 1 is 1.16 bits per heavy atom. The molecule has 32 heavy (non-hydrogen) atoms. The molecular formula is C25H28ClN3O3. The van der Waals surface area contributed by atoms with E-state index < -0.39 is 0 Å². The number of nitrogens with zero attached hydrogens (tertiary/aromatic N) is 2. The number of benzene rings is 2. The number of ether oxygens (including phenoxy) is 1. The largest absolute Gasteiger partial charge is 0.371 e. The first-order valence-electron chi connectivity index (χ1n) is 11.0. The maximum Gasteiger partial charge on any atom is 0.257 e. The minimum Gasteiger partial charge on any atom is -0.371 e. The molecule has 1 saturated heterocycles. The number of morpholine rings is 1. The van der Waals surface area contributed by atoms with E-state index in [4.69, 9.17) is 20.9 Å². The fourth-order valence-corrected chi connectivity index (χ4v) is 4.23. The van der Waals surface area contributed by atoms with Crippen LogP contribution in [0.4, 0.5) is 0 Å². The van der Waals surface area contributed by atoms with Crippen molar-refractivity contribution in [1.82, 2.24) is 15.4 Å². The summed E-state index contributed by atoms with van der Waals surface area (Å²) in [4.78, 5) is 15.2. The summed E-state index contributed by atoms with van der Waals surface area (Å²) in [6.45, 7) is 5.91. The minimum absolute atomic E-state index is 0.129. The number of carbonyl (C=O) groups excluding carboxylic acids is 1. The van der Waals surface area contributed by atoms with E-state index in [1.165, 1.54) is 5.56 Å². The van der Waals surface area contributed by atoms with E-state index in [0.717, 1.165) is 39.1 Å². The number of nitrogens with one attached hydrogen (secondary N) is 1. The highest BCUT2D eigenvalue weighted by atomic mass is 35.5. The van der Waals surface area contributed by atoms with Gasteiger partial charge in [0, 0.05) is 25.2 Å². The summed E-state index contributed by atoms with van der Waals surface area (Å²) >= 11 is 6.29. The zero-order valence-electron chi connectivity index (χ0n) is 18.2. The third kappa shape index (κ3) is 5.38. The average Bonchev–Trinajstić information content (AvgIpc) is 3.21. The lowest BCUT2D eigenvalue weighted by molar-refractivity contribution is -0.0303. The van der Waals surface area contributed by atoms with Crippen molar-refractivity contribution in [3.05, 3.63) is 76.5 Å². The van der Waals surface area contributed by atoms with Crippen LogP contribution in [0.1, 0.15) is 40.6 Å². The van der Waals surface area contributed by atoms with Crippen molar-refractivity contribution in [3.63, 3.8) is 0 Å². The van der Waals surface area contributed by atoms with Crippen LogP contribution in [0.2, 0.25) is 5.02 Å². The number of hydrogen-bond donors (Lipinski definition) is 1. The predicted molar refractivity (Wildman–Crippen MR) is 125 cm³/mol. The van der Waals surface area contributed by atoms with Crippen molar-refractivity contribution >= 4 is 17.5 Å². The normalized spacial score (nSPS) is 16.8. The highest BCUT2D eigenvalue weighted by Gasteiger charge is 2.23. The number of carbonyl (C=O) groups is 1. The lowest BCUT2D eigenvalue weighted by Gasteiger charge is -2.33. The molecule has 1 unspecified atom stereocenters. The van der Waals surface area contributed by atoms with Crippen molar-refractivity contribution in [2.24, 2.45) is 0 Å². The van der Waals surface area contributed by atoms with Gasteiger partial charge in [0.1, 0.15) is 17.0 Å². The molecule has 1 N–H and O–H groups in total. The van der Waals surface area contributed by atoms with Gasteiger partial charge in [-0.05, 0) is 37.9 Å². The van der Waals surface area contributed by atoms with Crippen LogP contribution in [0, 0.1) is 6.92 Å². The van der Waals surface area contributed by atoms with Crippen LogP contribution in [-0.2, 0) is 4.74 Å². The Morgan fingerprint density at radius 2 is 1.94 bits per heavy atom. The van der Waals surface area contributed by atoms with Crippen LogP contribution in [0.5, 0.6) is 0 Å². The topological polar surface area (TPSA) is 67.6 Å². The molecule has 4 rings (SSSR count). The monoisotopic (exact) mass is 453 g/mol. The van der Waals surface area contributed by atoms with Gasteiger partial charge in [-0.15, -0.1) is 0 Å². The summed E-state index contributed by atoms with van der Waals surface area (Å²) in [6, 6.07) is 17.7. The molecule has 1 aromatic heterocycles. The molecule has 0 spiro atoms. The van der Waals surface area contributed by atoms with Crippen LogP contribution >= 0.6 is 11.6 Å². The Hall–Kier alpha value is -2.67. The molecule has 1 fully saturated rings. The van der Waals surface area contributed by atoms with Gasteiger partial charge >= 0.3 is 0 Å². The zero-order chi connectivity index (χ0) is 22.3. The first-order chi connectivity index (χ1) is 15.6. The quantitative estimate of drug-likeness (QED) is 0.492. The molecule has 2 aromatic carbocycles. The molecule has 0 bridgehead atoms. The number of aromatic nitrogens is 1. The van der Waals surface area contributed by atoms with Crippen molar-refractivity contribution in [2.75, 3.05) is 32.8 Å². The number of amides is 1. The second-order valence-corrected chi connectivity index (χ2v) is 8.38. The first-order valence-corrected chi connectivity index (χ1v) is 11.4. The first kappa shape index (κ1) is 22.5. The number of hydrogen-bond acceptors (Lipinski definition) is 5. The highest BCUT2D eigenvalue weighted by molar-refractivity contribution is 6.33. The number of rotatable bonds is 8. The summed E-state index contributed by atoms with van der Waals surface area (Å²) in [6.07, 6.45) is 2.02. The van der Waals surface area contributed by atoms with Crippen LogP contribution in [0.25, 0.3) is 11.3 Å². The number of aryl methyl sites for hydroxylation is 1. The van der Waals surface area contributed by atoms with Crippen molar-refractivity contribution in [2.45, 2.75) is 25.9 Å². The molecule has 1 aliphatic heterocycles. The van der Waals surface area contributed by atoms with Crippen molar-refractivity contribution in [1.29, 1.82) is 0 Å². The van der Waals surface area contributed by atoms with Crippen molar-refractivity contribution < 1.29 is 14.1 Å². The maximum absolute atomic E-state index is 12.8. The molecule has 168 valence electrons. The number of unbranched alkanes of at least 4 members (excludes halogenated alkanes) is 1. The fraction of sp³-hybridized carbons (Fsp3) is 0.360. The second kappa shape index (κ2) is 10.8. The Kier molecular flexibility index (Phi) is 7.58. The third-order valence-electron chi connectivity index (χ3n) is 5.73. The van der Waals surface area contributed by atoms with Gasteiger partial charge in [-0.1, -0.05) is 65.3 Å². The zero-order valence-corrected chi connectivity index (χ0v) is 19.0. The number of halogens is 1. The van der Waals surface area contributed by atoms with Crippen LogP contribution in [0.15, 0.2) is 59.1 Å². The van der Waals surface area contributed by atoms with Gasteiger partial charge in [-0.3, -0.25) is 9.69 Å². The summed E-state index contributed by atoms with van der Waals surface area (Å²) in [5.74, 6) is 0.298. The van der Waals surface area contributed by atoms with Gasteiger partial charge in [0.05, 0.1) is 17.7 Å². The van der Waals surface area contributed by atoms with Crippen LogP contribution in [0.3, 0.4) is 0 Å². The standard InChI is InChI=1S/C25H28ClN3O3/c1-18-23(24(28-32-18)20-11-5-6-12-21(20)26)25(30)27-13-7-8-14-29-15-16-31-22(17-29)19-9-3-2-4-10-19/h2-6,9-12,22H,7-8,13-17H2,1H3,(H,27,30). The molecular weight excluding hydrogens is 426 g/mol. The smallest absolute Gasteiger partial charge is 0.257 e. The molecule has 3 aromatic rings. The highest BCUT2D eigenvalue weighted by Crippen LogP contribution is 2.31. The molecule has 0 aliphatic carbocycles. The lowest BCUT2D eigenvalue weighted by atomic mass is 10.1. The molecule has 1 amide bonds. The Balaban J connectivity index is 1.25. The van der Waals surface area contributed by atoms with Gasteiger partial charge in [0.2, 0.25) is 0 Å². The predicted octanol–water partition coefficient (Wildman–Crippen LogP) is 4.89. The van der Waals surface area contributed by atoms with E-state index in [0.29, 0.717) is 34.1 Å². The summed E-state index contributed by atoms with van der Waals surface area (Å²) in [7, 11) is 0. The molecule has 2 heterocycles. The SMILES string of the molecule is Cc1onc(-c2ccccc2Cl)c1C(=O)NCCCCN1CCOC(c2ccccc2)C1. The Morgan fingerprint density at radius 3 is 2.75 bits per heavy atom. The van der Waals surface area contributed by atoms with Gasteiger partial charge in [-0.2, -0.15) is 0 Å². The van der Waals surface area contributed by atoms with Crippen LogP contribution in [-0.4, -0.2) is 48.7 Å². The summed E-state index contributed by atoms with van der Waals surface area (Å²) in [5.41, 5.74) is 2.84. The van der Waals surface area contributed by atoms with E-state index >= 15 is 0 Å². The molecule has 1 aliphatic rings. The van der Waals surface area contributed by atoms with Gasteiger partial charge in [0.25, 0.3) is 5.91 Å². The maximum atomic E-state index is 12.8. The van der Waals surface area contributed by atoms with E-state index in [-0.39, 0.29) is 12.0 Å². The lowest BCUT2D eigenvalue weighted by Crippen LogP contribution is -2.39. The molecule has 0 saturated carbocycles. The van der Waals surface area contributed by atoms with E-state index in [9.17, 15) is 4.79 Å². The van der Waals surface area contributed by atoms with E-state index in [1.54, 1.807) is 13.0 Å². The van der Waals surface area contributed by atoms with E-state index in [2.05, 4.69) is 39.6 Å². The fourth-order valence-electron chi connectivity index (χ4n) is 4.00. The Labute approximate surface area is 193 Å². The van der Waals surface area contributed by atoms with Gasteiger partial charge in [-0.25, -0.2) is 0 Å². The minimum atomic E-state index is -0.186. The van der Waals surface area contributed by atoms with Crippen LogP contribution < -0.4 is 5.32 Å². The van der Waals surface area contributed by atoms with Gasteiger partial charge in [0.15, 0.2) is 0 Å². The molecule has 0 radical (unpaired) electrons. The second-order valence-electron chi connectivity index (χ2n) is 7.98. The third-order valence-corrected chi connectivity index (χ3v) is 6.06. The van der Waals surface area contributed by atoms with Crippen molar-refractivity contribution in [3.8, 4) is 11.3 Å².